The molecule has 1 fully saturated rings. The fourth-order valence-corrected chi connectivity index (χ4v) is 2.32. The average molecular weight is 249 g/mol. The smallest absolute Gasteiger partial charge is 0.223 e. The van der Waals surface area contributed by atoms with Gasteiger partial charge in [0.2, 0.25) is 5.91 Å². The highest BCUT2D eigenvalue weighted by molar-refractivity contribution is 5.82. The molecule has 1 saturated carbocycles. The molecule has 0 aromatic heterocycles. The third-order valence-corrected chi connectivity index (χ3v) is 3.51. The lowest BCUT2D eigenvalue weighted by atomic mass is 10.1. The highest BCUT2D eigenvalue weighted by Crippen LogP contribution is 2.48. The molecule has 1 N–H and O–H groups in total. The van der Waals surface area contributed by atoms with Crippen molar-refractivity contribution in [1.29, 1.82) is 0 Å². The van der Waals surface area contributed by atoms with Crippen molar-refractivity contribution < 1.29 is 9.18 Å². The molecule has 0 saturated heterocycles. The number of carbonyl (C=O) groups excluding carboxylic acids is 1. The van der Waals surface area contributed by atoms with Crippen LogP contribution in [0.25, 0.3) is 0 Å². The van der Waals surface area contributed by atoms with E-state index in [9.17, 15) is 9.18 Å². The number of amides is 1. The maximum absolute atomic E-state index is 13.5. The number of rotatable bonds is 6. The number of hydrogen-bond acceptors (Lipinski definition) is 1. The second-order valence-corrected chi connectivity index (χ2v) is 4.97. The number of benzene rings is 1. The van der Waals surface area contributed by atoms with Crippen LogP contribution in [0.15, 0.2) is 24.3 Å². The van der Waals surface area contributed by atoms with E-state index in [4.69, 9.17) is 0 Å². The Labute approximate surface area is 108 Å². The van der Waals surface area contributed by atoms with Crippen LogP contribution in [0.3, 0.4) is 0 Å². The maximum atomic E-state index is 13.5. The van der Waals surface area contributed by atoms with Crippen LogP contribution in [0, 0.1) is 11.7 Å². The molecular weight excluding hydrogens is 229 g/mol. The van der Waals surface area contributed by atoms with Crippen molar-refractivity contribution in [2.24, 2.45) is 5.92 Å². The minimum Gasteiger partial charge on any atom is -0.356 e. The summed E-state index contributed by atoms with van der Waals surface area (Å²) in [6.45, 7) is 2.88. The quantitative estimate of drug-likeness (QED) is 0.770. The van der Waals surface area contributed by atoms with E-state index < -0.39 is 0 Å². The molecule has 0 bridgehead atoms. The van der Waals surface area contributed by atoms with Crippen LogP contribution in [-0.4, -0.2) is 12.5 Å². The first-order valence-electron chi connectivity index (χ1n) is 6.76. The van der Waals surface area contributed by atoms with E-state index in [0.717, 1.165) is 32.2 Å². The fraction of sp³-hybridized carbons (Fsp3) is 0.533. The Morgan fingerprint density at radius 2 is 2.17 bits per heavy atom. The third-order valence-electron chi connectivity index (χ3n) is 3.51. The number of carbonyl (C=O) groups is 1. The van der Waals surface area contributed by atoms with Crippen LogP contribution in [0.1, 0.15) is 44.1 Å². The lowest BCUT2D eigenvalue weighted by molar-refractivity contribution is -0.122. The molecule has 2 atom stereocenters. The normalized spacial score (nSPS) is 21.7. The standard InChI is InChI=1S/C15H20FNO/c1-2-3-6-9-17-15(18)13-10-12(13)11-7-4-5-8-14(11)16/h4-5,7-8,12-13H,2-3,6,9-10H2,1H3,(H,17,18). The van der Waals surface area contributed by atoms with Gasteiger partial charge < -0.3 is 5.32 Å². The summed E-state index contributed by atoms with van der Waals surface area (Å²) in [5.41, 5.74) is 0.686. The van der Waals surface area contributed by atoms with E-state index in [1.165, 1.54) is 6.07 Å². The van der Waals surface area contributed by atoms with Crippen molar-refractivity contribution in [3.8, 4) is 0 Å². The van der Waals surface area contributed by atoms with Gasteiger partial charge in [0.15, 0.2) is 0 Å². The predicted molar refractivity (Wildman–Crippen MR) is 69.8 cm³/mol. The maximum Gasteiger partial charge on any atom is 0.223 e. The molecule has 0 spiro atoms. The minimum atomic E-state index is -0.191. The van der Waals surface area contributed by atoms with Crippen molar-refractivity contribution in [3.63, 3.8) is 0 Å². The van der Waals surface area contributed by atoms with E-state index in [1.54, 1.807) is 12.1 Å². The number of nitrogens with one attached hydrogen (secondary N) is 1. The number of halogens is 1. The van der Waals surface area contributed by atoms with Gasteiger partial charge in [0.1, 0.15) is 5.82 Å². The van der Waals surface area contributed by atoms with Crippen LogP contribution in [0.4, 0.5) is 4.39 Å². The van der Waals surface area contributed by atoms with Crippen LogP contribution in [-0.2, 0) is 4.79 Å². The van der Waals surface area contributed by atoms with Crippen molar-refractivity contribution in [2.75, 3.05) is 6.54 Å². The first kappa shape index (κ1) is 13.1. The number of unbranched alkanes of at least 4 members (excludes halogenated alkanes) is 2. The Morgan fingerprint density at radius 1 is 1.39 bits per heavy atom. The first-order valence-corrected chi connectivity index (χ1v) is 6.76. The molecule has 1 aromatic carbocycles. The summed E-state index contributed by atoms with van der Waals surface area (Å²) in [6, 6.07) is 6.75. The molecule has 0 heterocycles. The van der Waals surface area contributed by atoms with Gasteiger partial charge in [0.05, 0.1) is 0 Å². The summed E-state index contributed by atoms with van der Waals surface area (Å²) in [6.07, 6.45) is 4.10. The van der Waals surface area contributed by atoms with Crippen molar-refractivity contribution in [3.05, 3.63) is 35.6 Å². The van der Waals surface area contributed by atoms with Crippen LogP contribution in [0.5, 0.6) is 0 Å². The highest BCUT2D eigenvalue weighted by atomic mass is 19.1. The highest BCUT2D eigenvalue weighted by Gasteiger charge is 2.44. The second kappa shape index (κ2) is 5.98. The SMILES string of the molecule is CCCCCNC(=O)C1CC1c1ccccc1F. The summed E-state index contributed by atoms with van der Waals surface area (Å²) in [7, 11) is 0. The minimum absolute atomic E-state index is 0.0245. The summed E-state index contributed by atoms with van der Waals surface area (Å²) in [5, 5.41) is 2.94. The van der Waals surface area contributed by atoms with Gasteiger partial charge in [-0.25, -0.2) is 4.39 Å². The van der Waals surface area contributed by atoms with Gasteiger partial charge in [-0.1, -0.05) is 38.0 Å². The predicted octanol–water partition coefficient (Wildman–Crippen LogP) is 3.24. The van der Waals surface area contributed by atoms with E-state index in [0.29, 0.717) is 5.56 Å². The largest absolute Gasteiger partial charge is 0.356 e. The zero-order valence-corrected chi connectivity index (χ0v) is 10.8. The third kappa shape index (κ3) is 3.09. The van der Waals surface area contributed by atoms with Gasteiger partial charge in [0.25, 0.3) is 0 Å². The molecule has 0 aliphatic heterocycles. The van der Waals surface area contributed by atoms with Crippen LogP contribution >= 0.6 is 0 Å². The average Bonchev–Trinajstić information content (AvgIpc) is 3.15. The molecule has 1 aromatic rings. The molecular formula is C15H20FNO. The lowest BCUT2D eigenvalue weighted by Gasteiger charge is -2.05. The Hall–Kier alpha value is -1.38. The summed E-state index contributed by atoms with van der Waals surface area (Å²) < 4.78 is 13.5. The molecule has 1 aliphatic rings. The van der Waals surface area contributed by atoms with Gasteiger partial charge in [-0.2, -0.15) is 0 Å². The van der Waals surface area contributed by atoms with Crippen molar-refractivity contribution >= 4 is 5.91 Å². The van der Waals surface area contributed by atoms with E-state index >= 15 is 0 Å². The van der Waals surface area contributed by atoms with Gasteiger partial charge in [0, 0.05) is 12.5 Å². The summed E-state index contributed by atoms with van der Waals surface area (Å²) in [5.74, 6) is -0.0518. The summed E-state index contributed by atoms with van der Waals surface area (Å²) in [4.78, 5) is 11.8. The van der Waals surface area contributed by atoms with Crippen LogP contribution in [0.2, 0.25) is 0 Å². The van der Waals surface area contributed by atoms with E-state index in [2.05, 4.69) is 12.2 Å². The van der Waals surface area contributed by atoms with Gasteiger partial charge in [-0.3, -0.25) is 4.79 Å². The van der Waals surface area contributed by atoms with Crippen LogP contribution < -0.4 is 5.32 Å². The Morgan fingerprint density at radius 3 is 2.89 bits per heavy atom. The molecule has 2 unspecified atom stereocenters. The fourth-order valence-electron chi connectivity index (χ4n) is 2.32. The van der Waals surface area contributed by atoms with Gasteiger partial charge in [-0.05, 0) is 30.4 Å². The zero-order chi connectivity index (χ0) is 13.0. The molecule has 3 heteroatoms. The van der Waals surface area contributed by atoms with E-state index in [1.807, 2.05) is 6.07 Å². The topological polar surface area (TPSA) is 29.1 Å². The second-order valence-electron chi connectivity index (χ2n) is 4.97. The summed E-state index contributed by atoms with van der Waals surface area (Å²) >= 11 is 0. The van der Waals surface area contributed by atoms with Gasteiger partial charge >= 0.3 is 0 Å². The molecule has 0 radical (unpaired) electrons. The molecule has 2 rings (SSSR count). The lowest BCUT2D eigenvalue weighted by Crippen LogP contribution is -2.26. The molecule has 98 valence electrons. The van der Waals surface area contributed by atoms with E-state index in [-0.39, 0.29) is 23.6 Å². The Balaban J connectivity index is 1.80. The van der Waals surface area contributed by atoms with Crippen molar-refractivity contribution in [2.45, 2.75) is 38.5 Å². The Bertz CT molecular complexity index is 419. The zero-order valence-electron chi connectivity index (χ0n) is 10.8. The number of hydrogen-bond donors (Lipinski definition) is 1. The molecule has 1 aliphatic carbocycles. The monoisotopic (exact) mass is 249 g/mol. The first-order chi connectivity index (χ1) is 8.74. The Kier molecular flexibility index (Phi) is 4.34. The molecule has 2 nitrogen and oxygen atoms in total. The van der Waals surface area contributed by atoms with Gasteiger partial charge in [-0.15, -0.1) is 0 Å². The molecule has 1 amide bonds. The molecule has 18 heavy (non-hydrogen) atoms. The van der Waals surface area contributed by atoms with Crippen molar-refractivity contribution in [1.82, 2.24) is 5.32 Å².